The highest BCUT2D eigenvalue weighted by atomic mass is 16.5. The van der Waals surface area contributed by atoms with E-state index in [1.165, 1.54) is 7.11 Å². The molecule has 154 valence electrons. The number of rotatable bonds is 8. The molecule has 7 heteroatoms. The van der Waals surface area contributed by atoms with E-state index in [9.17, 15) is 14.4 Å². The van der Waals surface area contributed by atoms with Gasteiger partial charge in [0.05, 0.1) is 18.2 Å². The van der Waals surface area contributed by atoms with E-state index in [1.807, 2.05) is 38.1 Å². The lowest BCUT2D eigenvalue weighted by Gasteiger charge is -2.18. The van der Waals surface area contributed by atoms with E-state index in [2.05, 4.69) is 10.3 Å². The number of methoxy groups -OCH3 is 1. The minimum Gasteiger partial charge on any atom is -0.467 e. The molecule has 1 atom stereocenters. The minimum absolute atomic E-state index is 0.186. The standard InChI is InChI=1S/C22H26N2O5/c1-13(2)10-19(22(27)28-3)24-20(25)12-29-21(26)16-11-18(14-8-9-14)23-17-7-5-4-6-15(16)17/h4-7,11,13-14,19H,8-10,12H2,1-3H3,(H,24,25)/t19-/m1/s1. The van der Waals surface area contributed by atoms with Crippen LogP contribution >= 0.6 is 0 Å². The molecule has 7 nitrogen and oxygen atoms in total. The maximum atomic E-state index is 12.7. The zero-order valence-corrected chi connectivity index (χ0v) is 16.9. The molecule has 0 unspecified atom stereocenters. The van der Waals surface area contributed by atoms with Crippen molar-refractivity contribution in [3.05, 3.63) is 41.6 Å². The second-order valence-electron chi connectivity index (χ2n) is 7.74. The second kappa shape index (κ2) is 9.03. The number of fused-ring (bicyclic) bond motifs is 1. The maximum absolute atomic E-state index is 12.7. The van der Waals surface area contributed by atoms with Crippen LogP contribution < -0.4 is 5.32 Å². The Balaban J connectivity index is 1.69. The number of amides is 1. The average molecular weight is 398 g/mol. The van der Waals surface area contributed by atoms with Gasteiger partial charge in [-0.15, -0.1) is 0 Å². The van der Waals surface area contributed by atoms with Crippen molar-refractivity contribution in [3.63, 3.8) is 0 Å². The third-order valence-electron chi connectivity index (χ3n) is 4.81. The Morgan fingerprint density at radius 1 is 1.21 bits per heavy atom. The van der Waals surface area contributed by atoms with E-state index >= 15 is 0 Å². The Morgan fingerprint density at radius 3 is 2.59 bits per heavy atom. The summed E-state index contributed by atoms with van der Waals surface area (Å²) in [7, 11) is 1.27. The monoisotopic (exact) mass is 398 g/mol. The van der Waals surface area contributed by atoms with Crippen LogP contribution in [0, 0.1) is 5.92 Å². The van der Waals surface area contributed by atoms with Gasteiger partial charge in [-0.3, -0.25) is 9.78 Å². The lowest BCUT2D eigenvalue weighted by Crippen LogP contribution is -2.44. The number of esters is 2. The number of carbonyl (C=O) groups is 3. The van der Waals surface area contributed by atoms with Gasteiger partial charge in [0, 0.05) is 17.0 Å². The van der Waals surface area contributed by atoms with Gasteiger partial charge in [0.25, 0.3) is 5.91 Å². The van der Waals surface area contributed by atoms with Crippen molar-refractivity contribution >= 4 is 28.7 Å². The summed E-state index contributed by atoms with van der Waals surface area (Å²) in [5.41, 5.74) is 2.01. The van der Waals surface area contributed by atoms with Crippen LogP contribution in [0.2, 0.25) is 0 Å². The molecule has 0 spiro atoms. The Morgan fingerprint density at radius 2 is 1.93 bits per heavy atom. The largest absolute Gasteiger partial charge is 0.467 e. The number of nitrogens with one attached hydrogen (secondary N) is 1. The fourth-order valence-electron chi connectivity index (χ4n) is 3.23. The van der Waals surface area contributed by atoms with Gasteiger partial charge in [0.15, 0.2) is 6.61 Å². The van der Waals surface area contributed by atoms with Crippen LogP contribution in [-0.4, -0.2) is 42.6 Å². The number of hydrogen-bond acceptors (Lipinski definition) is 6. The summed E-state index contributed by atoms with van der Waals surface area (Å²) in [4.78, 5) is 41.4. The van der Waals surface area contributed by atoms with Gasteiger partial charge in [0.2, 0.25) is 0 Å². The van der Waals surface area contributed by atoms with Crippen LogP contribution in [0.15, 0.2) is 30.3 Å². The van der Waals surface area contributed by atoms with E-state index in [4.69, 9.17) is 9.47 Å². The molecule has 1 fully saturated rings. The Labute approximate surface area is 169 Å². The zero-order valence-electron chi connectivity index (χ0n) is 16.9. The number of aromatic nitrogens is 1. The van der Waals surface area contributed by atoms with Crippen LogP contribution in [0.25, 0.3) is 10.9 Å². The summed E-state index contributed by atoms with van der Waals surface area (Å²) in [6.07, 6.45) is 2.56. The number of carbonyl (C=O) groups excluding carboxylic acids is 3. The Hall–Kier alpha value is -2.96. The van der Waals surface area contributed by atoms with Crippen molar-refractivity contribution in [1.29, 1.82) is 0 Å². The summed E-state index contributed by atoms with van der Waals surface area (Å²) in [5, 5.41) is 3.27. The van der Waals surface area contributed by atoms with Gasteiger partial charge in [0.1, 0.15) is 6.04 Å². The highest BCUT2D eigenvalue weighted by Gasteiger charge is 2.28. The van der Waals surface area contributed by atoms with Gasteiger partial charge in [-0.2, -0.15) is 0 Å². The first kappa shape index (κ1) is 20.8. The molecule has 1 aliphatic carbocycles. The van der Waals surface area contributed by atoms with Gasteiger partial charge in [-0.05, 0) is 37.3 Å². The smallest absolute Gasteiger partial charge is 0.339 e. The van der Waals surface area contributed by atoms with E-state index in [0.717, 1.165) is 24.1 Å². The van der Waals surface area contributed by atoms with Crippen LogP contribution in [0.5, 0.6) is 0 Å². The van der Waals surface area contributed by atoms with Crippen LogP contribution in [0.3, 0.4) is 0 Å². The highest BCUT2D eigenvalue weighted by molar-refractivity contribution is 6.04. The summed E-state index contributed by atoms with van der Waals surface area (Å²) < 4.78 is 9.97. The van der Waals surface area contributed by atoms with Crippen molar-refractivity contribution in [2.75, 3.05) is 13.7 Å². The molecule has 3 rings (SSSR count). The molecule has 29 heavy (non-hydrogen) atoms. The summed E-state index contributed by atoms with van der Waals surface area (Å²) in [6, 6.07) is 8.36. The van der Waals surface area contributed by atoms with Gasteiger partial charge < -0.3 is 14.8 Å². The lowest BCUT2D eigenvalue weighted by atomic mass is 10.0. The summed E-state index contributed by atoms with van der Waals surface area (Å²) >= 11 is 0. The Bertz CT molecular complexity index is 921. The van der Waals surface area contributed by atoms with Gasteiger partial charge in [-0.25, -0.2) is 9.59 Å². The van der Waals surface area contributed by atoms with Crippen molar-refractivity contribution in [1.82, 2.24) is 10.3 Å². The maximum Gasteiger partial charge on any atom is 0.339 e. The fraction of sp³-hybridized carbons (Fsp3) is 0.455. The normalized spacial score (nSPS) is 14.5. The summed E-state index contributed by atoms with van der Waals surface area (Å²) in [6.45, 7) is 3.40. The number of pyridine rings is 1. The topological polar surface area (TPSA) is 94.6 Å². The number of benzene rings is 1. The molecule has 1 saturated carbocycles. The molecule has 1 aromatic heterocycles. The molecular formula is C22H26N2O5. The lowest BCUT2D eigenvalue weighted by molar-refractivity contribution is -0.145. The molecule has 0 aliphatic heterocycles. The van der Waals surface area contributed by atoms with Crippen molar-refractivity contribution < 1.29 is 23.9 Å². The number of para-hydroxylation sites is 1. The third kappa shape index (κ3) is 5.31. The van der Waals surface area contributed by atoms with E-state index < -0.39 is 30.5 Å². The summed E-state index contributed by atoms with van der Waals surface area (Å²) in [5.74, 6) is -1.08. The Kier molecular flexibility index (Phi) is 6.46. The van der Waals surface area contributed by atoms with E-state index in [0.29, 0.717) is 23.3 Å². The van der Waals surface area contributed by atoms with E-state index in [-0.39, 0.29) is 5.92 Å². The predicted molar refractivity (Wildman–Crippen MR) is 107 cm³/mol. The minimum atomic E-state index is -0.769. The van der Waals surface area contributed by atoms with Gasteiger partial charge >= 0.3 is 11.9 Å². The molecule has 0 bridgehead atoms. The molecule has 1 N–H and O–H groups in total. The first-order chi connectivity index (χ1) is 13.9. The molecule has 1 aliphatic rings. The molecule has 1 amide bonds. The number of nitrogens with zero attached hydrogens (tertiary/aromatic N) is 1. The third-order valence-corrected chi connectivity index (χ3v) is 4.81. The second-order valence-corrected chi connectivity index (χ2v) is 7.74. The van der Waals surface area contributed by atoms with Crippen molar-refractivity contribution in [2.45, 2.75) is 45.1 Å². The SMILES string of the molecule is COC(=O)[C@@H](CC(C)C)NC(=O)COC(=O)c1cc(C2CC2)nc2ccccc12. The first-order valence-electron chi connectivity index (χ1n) is 9.83. The van der Waals surface area contributed by atoms with Crippen molar-refractivity contribution in [2.24, 2.45) is 5.92 Å². The van der Waals surface area contributed by atoms with Crippen molar-refractivity contribution in [3.8, 4) is 0 Å². The molecule has 1 heterocycles. The fourth-order valence-corrected chi connectivity index (χ4v) is 3.23. The van der Waals surface area contributed by atoms with Crippen LogP contribution in [0.1, 0.15) is 55.1 Å². The molecule has 1 aromatic carbocycles. The molecule has 2 aromatic rings. The molecule has 0 saturated heterocycles. The molecular weight excluding hydrogens is 372 g/mol. The number of ether oxygens (including phenoxy) is 2. The van der Waals surface area contributed by atoms with Gasteiger partial charge in [-0.1, -0.05) is 32.0 Å². The average Bonchev–Trinajstić information content (AvgIpc) is 3.55. The van der Waals surface area contributed by atoms with Crippen LogP contribution in [0.4, 0.5) is 0 Å². The molecule has 0 radical (unpaired) electrons. The number of hydrogen-bond donors (Lipinski definition) is 1. The predicted octanol–water partition coefficient (Wildman–Crippen LogP) is 2.97. The van der Waals surface area contributed by atoms with Crippen LogP contribution in [-0.2, 0) is 19.1 Å². The quantitative estimate of drug-likeness (QED) is 0.687. The highest BCUT2D eigenvalue weighted by Crippen LogP contribution is 2.40. The van der Waals surface area contributed by atoms with E-state index in [1.54, 1.807) is 6.07 Å². The zero-order chi connectivity index (χ0) is 21.0. The first-order valence-corrected chi connectivity index (χ1v) is 9.83.